The fourth-order valence-electron chi connectivity index (χ4n) is 6.06. The summed E-state index contributed by atoms with van der Waals surface area (Å²) in [5, 5.41) is 18.0. The normalized spacial score (nSPS) is 11.5. The number of fused-ring (bicyclic) bond motifs is 2. The van der Waals surface area contributed by atoms with Gasteiger partial charge in [0.1, 0.15) is 11.4 Å². The quantitative estimate of drug-likeness (QED) is 0.0798. The molecule has 0 aliphatic heterocycles. The molecular formula is C35H40ClN3O4. The van der Waals surface area contributed by atoms with E-state index in [0.29, 0.717) is 37.6 Å². The molecule has 8 heteroatoms. The van der Waals surface area contributed by atoms with E-state index in [-0.39, 0.29) is 18.5 Å². The number of benzene rings is 3. The number of esters is 1. The number of carbonyl (C=O) groups is 1. The van der Waals surface area contributed by atoms with E-state index in [1.165, 1.54) is 0 Å². The first-order valence-corrected chi connectivity index (χ1v) is 15.7. The summed E-state index contributed by atoms with van der Waals surface area (Å²) in [6.07, 6.45) is 4.39. The second kappa shape index (κ2) is 14.1. The van der Waals surface area contributed by atoms with Crippen LogP contribution in [0.3, 0.4) is 0 Å². The van der Waals surface area contributed by atoms with E-state index in [1.807, 2.05) is 50.4 Å². The monoisotopic (exact) mass is 601 g/mol. The van der Waals surface area contributed by atoms with Gasteiger partial charge >= 0.3 is 5.97 Å². The van der Waals surface area contributed by atoms with Gasteiger partial charge < -0.3 is 19.1 Å². The van der Waals surface area contributed by atoms with Crippen LogP contribution in [0.4, 0.5) is 0 Å². The molecule has 0 fully saturated rings. The molecule has 0 saturated carbocycles. The Hall–Kier alpha value is -3.81. The van der Waals surface area contributed by atoms with Crippen LogP contribution in [0.5, 0.6) is 5.75 Å². The number of aryl methyl sites for hydroxylation is 3. The lowest BCUT2D eigenvalue weighted by molar-refractivity contribution is 0.0512. The lowest BCUT2D eigenvalue weighted by atomic mass is 9.98. The highest BCUT2D eigenvalue weighted by Gasteiger charge is 2.27. The number of hydrogen-bond donors (Lipinski definition) is 1. The van der Waals surface area contributed by atoms with Crippen molar-refractivity contribution in [3.63, 3.8) is 0 Å². The van der Waals surface area contributed by atoms with Gasteiger partial charge in [-0.05, 0) is 43.2 Å². The number of aliphatic hydroxyl groups excluding tert-OH is 1. The Morgan fingerprint density at radius 3 is 2.51 bits per heavy atom. The highest BCUT2D eigenvalue weighted by Crippen LogP contribution is 2.39. The highest BCUT2D eigenvalue weighted by molar-refractivity contribution is 6.17. The number of halogens is 1. The van der Waals surface area contributed by atoms with Crippen molar-refractivity contribution in [3.8, 4) is 16.9 Å². The fourth-order valence-corrected chi connectivity index (χ4v) is 6.37. The summed E-state index contributed by atoms with van der Waals surface area (Å²) in [6.45, 7) is 5.26. The maximum absolute atomic E-state index is 13.6. The van der Waals surface area contributed by atoms with E-state index in [1.54, 1.807) is 4.68 Å². The van der Waals surface area contributed by atoms with Crippen molar-refractivity contribution in [2.45, 2.75) is 65.0 Å². The maximum Gasteiger partial charge on any atom is 0.355 e. The van der Waals surface area contributed by atoms with E-state index >= 15 is 0 Å². The van der Waals surface area contributed by atoms with Gasteiger partial charge in [-0.3, -0.25) is 4.68 Å². The zero-order valence-electron chi connectivity index (χ0n) is 25.2. The van der Waals surface area contributed by atoms with Crippen LogP contribution in [0, 0.1) is 0 Å². The van der Waals surface area contributed by atoms with Crippen LogP contribution in [0.1, 0.15) is 67.0 Å². The first-order chi connectivity index (χ1) is 21.0. The van der Waals surface area contributed by atoms with Gasteiger partial charge in [-0.15, -0.1) is 11.6 Å². The average molecular weight is 602 g/mol. The molecule has 0 saturated heterocycles. The predicted molar refractivity (Wildman–Crippen MR) is 173 cm³/mol. The number of aliphatic hydroxyl groups is 1. The van der Waals surface area contributed by atoms with Crippen LogP contribution in [0.15, 0.2) is 60.7 Å². The molecule has 5 aromatic rings. The molecule has 3 aromatic carbocycles. The predicted octanol–water partition coefficient (Wildman–Crippen LogP) is 7.80. The van der Waals surface area contributed by atoms with E-state index in [9.17, 15) is 9.90 Å². The van der Waals surface area contributed by atoms with Crippen molar-refractivity contribution in [3.05, 3.63) is 83.3 Å². The minimum absolute atomic E-state index is 0.212. The van der Waals surface area contributed by atoms with Crippen molar-refractivity contribution in [2.75, 3.05) is 13.2 Å². The summed E-state index contributed by atoms with van der Waals surface area (Å²) in [4.78, 5) is 13.6. The van der Waals surface area contributed by atoms with E-state index in [2.05, 4.69) is 40.9 Å². The topological polar surface area (TPSA) is 78.5 Å². The summed E-state index contributed by atoms with van der Waals surface area (Å²) >= 11 is 6.41. The highest BCUT2D eigenvalue weighted by atomic mass is 35.5. The molecular weight excluding hydrogens is 562 g/mol. The zero-order chi connectivity index (χ0) is 30.3. The van der Waals surface area contributed by atoms with Crippen LogP contribution in [0.25, 0.3) is 32.8 Å². The first kappa shape index (κ1) is 30.6. The summed E-state index contributed by atoms with van der Waals surface area (Å²) in [5.41, 5.74) is 5.60. The van der Waals surface area contributed by atoms with Crippen LogP contribution in [-0.2, 0) is 37.2 Å². The third-order valence-corrected chi connectivity index (χ3v) is 8.26. The number of hydrogen-bond acceptors (Lipinski definition) is 5. The van der Waals surface area contributed by atoms with Gasteiger partial charge in [0.05, 0.1) is 42.6 Å². The number of para-hydroxylation sites is 1. The standard InChI is InChI=1S/C35H40ClN3O4/c1-4-6-9-20-39-33-26(16-11-17-28(33)32-29(23-40)37-38(3)30(32)22-36)27(34(39)35(41)42-5-2)18-12-21-43-31-19-10-14-24-13-7-8-15-25(24)31/h7-8,10-11,13-17,19,40H,4-6,9,12,18,20-23H2,1-3H3. The third kappa shape index (κ3) is 6.15. The molecule has 226 valence electrons. The van der Waals surface area contributed by atoms with Crippen LogP contribution >= 0.6 is 11.6 Å². The van der Waals surface area contributed by atoms with E-state index in [4.69, 9.17) is 21.1 Å². The zero-order valence-corrected chi connectivity index (χ0v) is 26.0. The van der Waals surface area contributed by atoms with Crippen molar-refractivity contribution < 1.29 is 19.4 Å². The van der Waals surface area contributed by atoms with Gasteiger partial charge in [0.15, 0.2) is 0 Å². The maximum atomic E-state index is 13.6. The number of alkyl halides is 1. The van der Waals surface area contributed by atoms with Crippen LogP contribution in [-0.4, -0.2) is 38.6 Å². The van der Waals surface area contributed by atoms with Gasteiger partial charge in [-0.1, -0.05) is 74.4 Å². The van der Waals surface area contributed by atoms with Gasteiger partial charge in [-0.25, -0.2) is 4.79 Å². The number of unbranched alkanes of at least 4 members (excludes halogenated alkanes) is 2. The third-order valence-electron chi connectivity index (χ3n) is 8.00. The summed E-state index contributed by atoms with van der Waals surface area (Å²) < 4.78 is 15.8. The molecule has 5 rings (SSSR count). The Kier molecular flexibility index (Phi) is 10.1. The Bertz CT molecular complexity index is 1720. The second-order valence-corrected chi connectivity index (χ2v) is 11.0. The van der Waals surface area contributed by atoms with E-state index in [0.717, 1.165) is 75.5 Å². The Morgan fingerprint density at radius 1 is 0.977 bits per heavy atom. The molecule has 0 radical (unpaired) electrons. The Balaban J connectivity index is 1.59. The largest absolute Gasteiger partial charge is 0.493 e. The molecule has 0 bridgehead atoms. The number of nitrogens with zero attached hydrogens (tertiary/aromatic N) is 3. The molecule has 0 aliphatic rings. The fraction of sp³-hybridized carbons (Fsp3) is 0.371. The molecule has 2 heterocycles. The van der Waals surface area contributed by atoms with Gasteiger partial charge in [-0.2, -0.15) is 5.10 Å². The molecule has 43 heavy (non-hydrogen) atoms. The molecule has 0 spiro atoms. The first-order valence-electron chi connectivity index (χ1n) is 15.2. The lowest BCUT2D eigenvalue weighted by Gasteiger charge is -2.14. The van der Waals surface area contributed by atoms with Crippen molar-refractivity contribution in [1.82, 2.24) is 14.3 Å². The Morgan fingerprint density at radius 2 is 1.74 bits per heavy atom. The average Bonchev–Trinajstić information content (AvgIpc) is 3.53. The lowest BCUT2D eigenvalue weighted by Crippen LogP contribution is -2.15. The summed E-state index contributed by atoms with van der Waals surface area (Å²) in [5.74, 6) is 0.779. The smallest absolute Gasteiger partial charge is 0.355 e. The molecule has 0 amide bonds. The number of aromatic nitrogens is 3. The molecule has 0 aliphatic carbocycles. The molecule has 1 N–H and O–H groups in total. The summed E-state index contributed by atoms with van der Waals surface area (Å²) in [6, 6.07) is 20.4. The van der Waals surface area contributed by atoms with Crippen molar-refractivity contribution >= 4 is 39.2 Å². The SMILES string of the molecule is CCCCCn1c(C(=O)OCC)c(CCCOc2cccc3ccccc23)c2cccc(-c3c(CO)nn(C)c3CCl)c21. The van der Waals surface area contributed by atoms with Crippen molar-refractivity contribution in [1.29, 1.82) is 0 Å². The molecule has 0 unspecified atom stereocenters. The van der Waals surface area contributed by atoms with Gasteiger partial charge in [0.2, 0.25) is 0 Å². The second-order valence-electron chi connectivity index (χ2n) is 10.7. The number of carbonyl (C=O) groups excluding carboxylic acids is 1. The summed E-state index contributed by atoms with van der Waals surface area (Å²) in [7, 11) is 1.84. The minimum atomic E-state index is -0.322. The Labute approximate surface area is 258 Å². The van der Waals surface area contributed by atoms with Crippen molar-refractivity contribution in [2.24, 2.45) is 7.05 Å². The minimum Gasteiger partial charge on any atom is -0.493 e. The van der Waals surface area contributed by atoms with Gasteiger partial charge in [0, 0.05) is 35.5 Å². The number of rotatable bonds is 14. The molecule has 7 nitrogen and oxygen atoms in total. The van der Waals surface area contributed by atoms with Gasteiger partial charge in [0.25, 0.3) is 0 Å². The van der Waals surface area contributed by atoms with E-state index < -0.39 is 0 Å². The number of ether oxygens (including phenoxy) is 2. The van der Waals surface area contributed by atoms with Crippen LogP contribution < -0.4 is 4.74 Å². The molecule has 0 atom stereocenters. The molecule has 2 aromatic heterocycles. The van der Waals surface area contributed by atoms with Crippen LogP contribution in [0.2, 0.25) is 0 Å².